The fourth-order valence-corrected chi connectivity index (χ4v) is 2.65. The molecule has 0 aromatic heterocycles. The fourth-order valence-electron chi connectivity index (χ4n) is 2.12. The fraction of sp³-hybridized carbons (Fsp3) is 0.235. The van der Waals surface area contributed by atoms with E-state index in [1.165, 1.54) is 0 Å². The second-order valence-corrected chi connectivity index (χ2v) is 5.82. The lowest BCUT2D eigenvalue weighted by Gasteiger charge is -2.10. The van der Waals surface area contributed by atoms with E-state index < -0.39 is 0 Å². The third-order valence-corrected chi connectivity index (χ3v) is 3.62. The van der Waals surface area contributed by atoms with Gasteiger partial charge in [0.25, 0.3) is 0 Å². The molecule has 4 nitrogen and oxygen atoms in total. The lowest BCUT2D eigenvalue weighted by Crippen LogP contribution is -2.21. The van der Waals surface area contributed by atoms with Crippen LogP contribution in [-0.2, 0) is 11.3 Å². The van der Waals surface area contributed by atoms with Crippen molar-refractivity contribution in [3.63, 3.8) is 0 Å². The Hall–Kier alpha value is -1.75. The van der Waals surface area contributed by atoms with Gasteiger partial charge in [-0.2, -0.15) is 0 Å². The van der Waals surface area contributed by atoms with Crippen molar-refractivity contribution in [2.24, 2.45) is 0 Å². The second-order valence-electron chi connectivity index (χ2n) is 4.94. The lowest BCUT2D eigenvalue weighted by atomic mass is 10.2. The lowest BCUT2D eigenvalue weighted by molar-refractivity contribution is -0.116. The Labute approximate surface area is 145 Å². The minimum absolute atomic E-state index is 0.101. The SMILES string of the molecule is COc1ccccc1CNCCC(=O)Nc1cc(Cl)cc(Cl)c1. The summed E-state index contributed by atoms with van der Waals surface area (Å²) in [5.74, 6) is 0.730. The molecule has 1 amide bonds. The van der Waals surface area contributed by atoms with E-state index in [0.29, 0.717) is 35.2 Å². The number of ether oxygens (including phenoxy) is 1. The third kappa shape index (κ3) is 5.75. The molecule has 0 spiro atoms. The van der Waals surface area contributed by atoms with Gasteiger partial charge >= 0.3 is 0 Å². The number of carbonyl (C=O) groups is 1. The molecule has 0 atom stereocenters. The molecule has 0 bridgehead atoms. The van der Waals surface area contributed by atoms with Crippen molar-refractivity contribution in [2.45, 2.75) is 13.0 Å². The van der Waals surface area contributed by atoms with Crippen molar-refractivity contribution >= 4 is 34.8 Å². The maximum atomic E-state index is 11.9. The van der Waals surface area contributed by atoms with Crippen LogP contribution in [0.4, 0.5) is 5.69 Å². The summed E-state index contributed by atoms with van der Waals surface area (Å²) in [4.78, 5) is 11.9. The maximum absolute atomic E-state index is 11.9. The normalized spacial score (nSPS) is 10.4. The van der Waals surface area contributed by atoms with Gasteiger partial charge in [-0.3, -0.25) is 4.79 Å². The van der Waals surface area contributed by atoms with Crippen LogP contribution in [0.5, 0.6) is 5.75 Å². The van der Waals surface area contributed by atoms with Crippen molar-refractivity contribution in [1.29, 1.82) is 0 Å². The summed E-state index contributed by atoms with van der Waals surface area (Å²) in [6, 6.07) is 12.7. The van der Waals surface area contributed by atoms with Crippen LogP contribution in [0.2, 0.25) is 10.0 Å². The van der Waals surface area contributed by atoms with Crippen LogP contribution in [0.25, 0.3) is 0 Å². The zero-order valence-corrected chi connectivity index (χ0v) is 14.2. The first kappa shape index (κ1) is 17.6. The summed E-state index contributed by atoms with van der Waals surface area (Å²) >= 11 is 11.8. The number of hydrogen-bond donors (Lipinski definition) is 2. The number of halogens is 2. The summed E-state index contributed by atoms with van der Waals surface area (Å²) in [5, 5.41) is 6.97. The molecular formula is C17H18Cl2N2O2. The van der Waals surface area contributed by atoms with Crippen LogP contribution in [0.3, 0.4) is 0 Å². The van der Waals surface area contributed by atoms with Crippen LogP contribution in [0.15, 0.2) is 42.5 Å². The maximum Gasteiger partial charge on any atom is 0.225 e. The standard InChI is InChI=1S/C17H18Cl2N2O2/c1-23-16-5-3-2-4-12(16)11-20-7-6-17(22)21-15-9-13(18)8-14(19)10-15/h2-5,8-10,20H,6-7,11H2,1H3,(H,21,22). The average Bonchev–Trinajstić information content (AvgIpc) is 2.51. The molecule has 2 rings (SSSR count). The van der Waals surface area contributed by atoms with Crippen molar-refractivity contribution in [3.05, 3.63) is 58.1 Å². The van der Waals surface area contributed by atoms with E-state index in [0.717, 1.165) is 11.3 Å². The molecule has 0 heterocycles. The second kappa shape index (κ2) is 8.77. The number of carbonyl (C=O) groups excluding carboxylic acids is 1. The minimum atomic E-state index is -0.101. The summed E-state index contributed by atoms with van der Waals surface area (Å²) in [6.07, 6.45) is 0.347. The molecule has 6 heteroatoms. The molecule has 2 N–H and O–H groups in total. The molecule has 0 unspecified atom stereocenters. The van der Waals surface area contributed by atoms with Crippen molar-refractivity contribution in [3.8, 4) is 5.75 Å². The molecule has 122 valence electrons. The highest BCUT2D eigenvalue weighted by Gasteiger charge is 2.05. The molecule has 0 fully saturated rings. The Bertz CT molecular complexity index is 657. The van der Waals surface area contributed by atoms with Gasteiger partial charge < -0.3 is 15.4 Å². The zero-order valence-electron chi connectivity index (χ0n) is 12.7. The Morgan fingerprint density at radius 2 is 1.83 bits per heavy atom. The highest BCUT2D eigenvalue weighted by atomic mass is 35.5. The summed E-state index contributed by atoms with van der Waals surface area (Å²) in [6.45, 7) is 1.19. The van der Waals surface area contributed by atoms with Crippen LogP contribution in [0.1, 0.15) is 12.0 Å². The smallest absolute Gasteiger partial charge is 0.225 e. The molecule has 2 aromatic rings. The predicted molar refractivity (Wildman–Crippen MR) is 94.4 cm³/mol. The number of amides is 1. The van der Waals surface area contributed by atoms with E-state index in [-0.39, 0.29) is 5.91 Å². The summed E-state index contributed by atoms with van der Waals surface area (Å²) in [5.41, 5.74) is 1.65. The van der Waals surface area contributed by atoms with E-state index >= 15 is 0 Å². The van der Waals surface area contributed by atoms with Gasteiger partial charge in [-0.1, -0.05) is 41.4 Å². The Morgan fingerprint density at radius 1 is 1.13 bits per heavy atom. The van der Waals surface area contributed by atoms with Gasteiger partial charge in [0.1, 0.15) is 5.75 Å². The highest BCUT2D eigenvalue weighted by Crippen LogP contribution is 2.22. The van der Waals surface area contributed by atoms with Crippen LogP contribution >= 0.6 is 23.2 Å². The van der Waals surface area contributed by atoms with E-state index in [9.17, 15) is 4.79 Å². The number of nitrogens with one attached hydrogen (secondary N) is 2. The summed E-state index contributed by atoms with van der Waals surface area (Å²) < 4.78 is 5.28. The molecule has 0 radical (unpaired) electrons. The van der Waals surface area contributed by atoms with Gasteiger partial charge in [0, 0.05) is 40.8 Å². The molecule has 0 aliphatic rings. The molecular weight excluding hydrogens is 335 g/mol. The van der Waals surface area contributed by atoms with Crippen LogP contribution in [0, 0.1) is 0 Å². The first-order valence-electron chi connectivity index (χ1n) is 7.17. The molecule has 0 saturated heterocycles. The molecule has 0 saturated carbocycles. The van der Waals surface area contributed by atoms with E-state index in [1.807, 2.05) is 24.3 Å². The number of anilines is 1. The number of benzene rings is 2. The number of para-hydroxylation sites is 1. The quantitative estimate of drug-likeness (QED) is 0.737. The monoisotopic (exact) mass is 352 g/mol. The molecule has 0 aliphatic heterocycles. The number of methoxy groups -OCH3 is 1. The minimum Gasteiger partial charge on any atom is -0.496 e. The van der Waals surface area contributed by atoms with E-state index in [4.69, 9.17) is 27.9 Å². The Kier molecular flexibility index (Phi) is 6.71. The number of hydrogen-bond acceptors (Lipinski definition) is 3. The summed E-state index contributed by atoms with van der Waals surface area (Å²) in [7, 11) is 1.64. The molecule has 23 heavy (non-hydrogen) atoms. The van der Waals surface area contributed by atoms with Crippen molar-refractivity contribution in [2.75, 3.05) is 19.0 Å². The Balaban J connectivity index is 1.76. The van der Waals surface area contributed by atoms with Gasteiger partial charge in [0.15, 0.2) is 0 Å². The largest absolute Gasteiger partial charge is 0.496 e. The predicted octanol–water partition coefficient (Wildman–Crippen LogP) is 4.12. The van der Waals surface area contributed by atoms with E-state index in [2.05, 4.69) is 10.6 Å². The van der Waals surface area contributed by atoms with Gasteiger partial charge in [0.05, 0.1) is 7.11 Å². The van der Waals surface area contributed by atoms with Crippen LogP contribution < -0.4 is 15.4 Å². The van der Waals surface area contributed by atoms with Gasteiger partial charge in [-0.15, -0.1) is 0 Å². The van der Waals surface area contributed by atoms with Gasteiger partial charge in [-0.05, 0) is 24.3 Å². The van der Waals surface area contributed by atoms with E-state index in [1.54, 1.807) is 25.3 Å². The van der Waals surface area contributed by atoms with Gasteiger partial charge in [-0.25, -0.2) is 0 Å². The third-order valence-electron chi connectivity index (χ3n) is 3.18. The topological polar surface area (TPSA) is 50.4 Å². The van der Waals surface area contributed by atoms with Gasteiger partial charge in [0.2, 0.25) is 5.91 Å². The first-order valence-corrected chi connectivity index (χ1v) is 7.92. The molecule has 2 aromatic carbocycles. The van der Waals surface area contributed by atoms with Crippen LogP contribution in [-0.4, -0.2) is 19.6 Å². The first-order chi connectivity index (χ1) is 11.1. The Morgan fingerprint density at radius 3 is 2.52 bits per heavy atom. The van der Waals surface area contributed by atoms with Crippen molar-refractivity contribution in [1.82, 2.24) is 5.32 Å². The number of rotatable bonds is 7. The van der Waals surface area contributed by atoms with Crippen molar-refractivity contribution < 1.29 is 9.53 Å². The molecule has 0 aliphatic carbocycles. The zero-order chi connectivity index (χ0) is 16.7. The average molecular weight is 353 g/mol. The highest BCUT2D eigenvalue weighted by molar-refractivity contribution is 6.35.